The quantitative estimate of drug-likeness (QED) is 0.535. The highest BCUT2D eigenvalue weighted by atomic mass is 19.3. The molecule has 0 aliphatic carbocycles. The van der Waals surface area contributed by atoms with E-state index in [-0.39, 0.29) is 12.1 Å². The van der Waals surface area contributed by atoms with E-state index in [4.69, 9.17) is 11.6 Å². The van der Waals surface area contributed by atoms with Crippen molar-refractivity contribution >= 4 is 11.9 Å². The average Bonchev–Trinajstić information content (AvgIpc) is 2.67. The van der Waals surface area contributed by atoms with Gasteiger partial charge in [0.25, 0.3) is 0 Å². The zero-order valence-corrected chi connectivity index (χ0v) is 13.1. The van der Waals surface area contributed by atoms with E-state index in [0.717, 1.165) is 5.01 Å². The van der Waals surface area contributed by atoms with Crippen molar-refractivity contribution in [3.8, 4) is 0 Å². The molecule has 1 saturated heterocycles. The third kappa shape index (κ3) is 5.11. The molecule has 0 spiro atoms. The molecule has 5 N–H and O–H groups in total. The van der Waals surface area contributed by atoms with Crippen molar-refractivity contribution in [2.75, 3.05) is 0 Å². The van der Waals surface area contributed by atoms with Crippen molar-refractivity contribution in [2.45, 2.75) is 20.3 Å². The predicted molar refractivity (Wildman–Crippen MR) is 85.1 cm³/mol. The van der Waals surface area contributed by atoms with Crippen LogP contribution < -0.4 is 16.9 Å². The zero-order chi connectivity index (χ0) is 18.0. The molecule has 23 heavy (non-hydrogen) atoms. The van der Waals surface area contributed by atoms with Crippen molar-refractivity contribution in [3.63, 3.8) is 0 Å². The van der Waals surface area contributed by atoms with Gasteiger partial charge in [-0.2, -0.15) is 0 Å². The summed E-state index contributed by atoms with van der Waals surface area (Å²) in [5.74, 6) is 3.95. The summed E-state index contributed by atoms with van der Waals surface area (Å²) >= 11 is 0. The Balaban J connectivity index is 0.00000232. The molecule has 126 valence electrons. The molecule has 7 nitrogen and oxygen atoms in total. The first-order valence-electron chi connectivity index (χ1n) is 6.78. The van der Waals surface area contributed by atoms with E-state index in [1.54, 1.807) is 0 Å². The van der Waals surface area contributed by atoms with Crippen LogP contribution in [0.5, 0.6) is 0 Å². The third-order valence-corrected chi connectivity index (χ3v) is 2.59. The van der Waals surface area contributed by atoms with Gasteiger partial charge in [0.15, 0.2) is 0 Å². The van der Waals surface area contributed by atoms with Gasteiger partial charge >= 0.3 is 5.97 Å². The van der Waals surface area contributed by atoms with Gasteiger partial charge in [0.2, 0.25) is 5.91 Å². The summed E-state index contributed by atoms with van der Waals surface area (Å²) in [6, 6.07) is 0. The Labute approximate surface area is 134 Å². The van der Waals surface area contributed by atoms with Gasteiger partial charge in [0, 0.05) is 4.53 Å². The molecule has 1 heterocycles. The van der Waals surface area contributed by atoms with Crippen LogP contribution in [0, 0.1) is 0 Å². The molecular formula is C15H21FN4O3. The Morgan fingerprint density at radius 1 is 1.35 bits per heavy atom. The van der Waals surface area contributed by atoms with Gasteiger partial charge in [-0.3, -0.25) is 9.80 Å². The molecule has 0 unspecified atom stereocenters. The van der Waals surface area contributed by atoms with Crippen LogP contribution >= 0.6 is 0 Å². The summed E-state index contributed by atoms with van der Waals surface area (Å²) in [4.78, 5) is 26.1. The summed E-state index contributed by atoms with van der Waals surface area (Å²) in [6.07, 6.45) is 5.51. The van der Waals surface area contributed by atoms with Crippen molar-refractivity contribution < 1.29 is 19.1 Å². The first-order valence-corrected chi connectivity index (χ1v) is 6.78. The monoisotopic (exact) mass is 324 g/mol. The Bertz CT molecular complexity index is 579. The van der Waals surface area contributed by atoms with Gasteiger partial charge in [-0.05, 0) is 12.2 Å². The zero-order valence-electron chi connectivity index (χ0n) is 13.1. The van der Waals surface area contributed by atoms with E-state index in [9.17, 15) is 14.1 Å². The molecule has 0 radical (unpaired) electrons. The molecule has 1 aliphatic rings. The molecule has 1 fully saturated rings. The minimum atomic E-state index is -1.43. The number of amides is 1. The number of carbonyl (C=O) groups is 2. The topological polar surface area (TPSA) is 111 Å². The first kappa shape index (κ1) is 20.1. The van der Waals surface area contributed by atoms with Crippen LogP contribution in [0.2, 0.25) is 0 Å². The molecular weight excluding hydrogens is 303 g/mol. The lowest BCUT2D eigenvalue weighted by molar-refractivity contribution is -0.178. The number of halogens is 1. The first-order chi connectivity index (χ1) is 11.0. The fourth-order valence-corrected chi connectivity index (χ4v) is 1.68. The number of hydrogen-bond acceptors (Lipinski definition) is 6. The minimum absolute atomic E-state index is 0.101. The smallest absolute Gasteiger partial charge is 0.391 e. The standard InChI is InChI=1S/C13H15FN4O3.C2H6/c1-3-5-8-9(6-4-2)18(16)10(7-11(19)17-8)12(15)13(20)21-14;1-2/h3-6H,1-2,7,15-16H2,(H,17,19);1-2H3/b8-5+,9-6+,12-10-;. The Hall–Kier alpha value is -2.87. The summed E-state index contributed by atoms with van der Waals surface area (Å²) in [5, 5.41) is 3.55. The molecule has 0 aromatic heterocycles. The Morgan fingerprint density at radius 3 is 2.39 bits per heavy atom. The minimum Gasteiger partial charge on any atom is -0.391 e. The van der Waals surface area contributed by atoms with Crippen LogP contribution in [-0.4, -0.2) is 16.9 Å². The highest BCUT2D eigenvalue weighted by Gasteiger charge is 2.28. The Kier molecular flexibility index (Phi) is 8.71. The fourth-order valence-electron chi connectivity index (χ4n) is 1.68. The summed E-state index contributed by atoms with van der Waals surface area (Å²) in [7, 11) is 0. The predicted octanol–water partition coefficient (Wildman–Crippen LogP) is 1.45. The Morgan fingerprint density at radius 2 is 1.91 bits per heavy atom. The molecule has 1 amide bonds. The maximum absolute atomic E-state index is 12.0. The highest BCUT2D eigenvalue weighted by molar-refractivity contribution is 5.90. The van der Waals surface area contributed by atoms with E-state index in [0.29, 0.717) is 11.4 Å². The number of rotatable bonds is 3. The summed E-state index contributed by atoms with van der Waals surface area (Å²) < 4.78 is 12.0. The number of allylic oxidation sites excluding steroid dienone is 4. The van der Waals surface area contributed by atoms with Gasteiger partial charge in [-0.15, -0.1) is 0 Å². The second kappa shape index (κ2) is 9.96. The maximum atomic E-state index is 12.0. The molecule has 0 bridgehead atoms. The van der Waals surface area contributed by atoms with E-state index in [1.165, 1.54) is 24.3 Å². The van der Waals surface area contributed by atoms with Crippen LogP contribution in [-0.2, 0) is 14.5 Å². The normalized spacial score (nSPS) is 20.0. The number of carbonyl (C=O) groups excluding carboxylic acids is 2. The molecule has 1 aliphatic heterocycles. The SMILES string of the molecule is C=C/C=C1/NC(=O)C/C(=C(/N)C(=O)OF)N(N)/C1=C/C=C.CC. The van der Waals surface area contributed by atoms with E-state index < -0.39 is 17.6 Å². The molecule has 0 aromatic rings. The van der Waals surface area contributed by atoms with Crippen molar-refractivity contribution in [1.82, 2.24) is 10.3 Å². The largest absolute Gasteiger partial charge is 0.396 e. The van der Waals surface area contributed by atoms with Gasteiger partial charge in [0.1, 0.15) is 5.70 Å². The summed E-state index contributed by atoms with van der Waals surface area (Å²) in [6.45, 7) is 11.1. The molecule has 0 saturated carbocycles. The van der Waals surface area contributed by atoms with Crippen molar-refractivity contribution in [1.29, 1.82) is 0 Å². The maximum Gasteiger partial charge on any atom is 0.396 e. The second-order valence-corrected chi connectivity index (χ2v) is 3.92. The number of nitrogens with two attached hydrogens (primary N) is 2. The van der Waals surface area contributed by atoms with Gasteiger partial charge in [0.05, 0.1) is 23.5 Å². The average molecular weight is 324 g/mol. The fraction of sp³-hybridized carbons (Fsp3) is 0.200. The third-order valence-electron chi connectivity index (χ3n) is 2.59. The van der Waals surface area contributed by atoms with Crippen molar-refractivity contribution in [3.05, 3.63) is 60.3 Å². The van der Waals surface area contributed by atoms with E-state index in [1.807, 2.05) is 13.8 Å². The number of hydrazine groups is 1. The van der Waals surface area contributed by atoms with Gasteiger partial charge < -0.3 is 11.1 Å². The molecule has 0 aromatic carbocycles. The van der Waals surface area contributed by atoms with Crippen LogP contribution in [0.4, 0.5) is 4.53 Å². The lowest BCUT2D eigenvalue weighted by atomic mass is 10.2. The van der Waals surface area contributed by atoms with E-state index in [2.05, 4.69) is 23.4 Å². The van der Waals surface area contributed by atoms with E-state index >= 15 is 0 Å². The number of nitrogens with zero attached hydrogens (tertiary/aromatic N) is 1. The lowest BCUT2D eigenvalue weighted by Crippen LogP contribution is -2.33. The van der Waals surface area contributed by atoms with Gasteiger partial charge in [-0.1, -0.05) is 39.2 Å². The lowest BCUT2D eigenvalue weighted by Gasteiger charge is -2.22. The molecule has 8 heteroatoms. The highest BCUT2D eigenvalue weighted by Crippen LogP contribution is 2.23. The van der Waals surface area contributed by atoms with Crippen molar-refractivity contribution in [2.24, 2.45) is 11.6 Å². The van der Waals surface area contributed by atoms with Crippen LogP contribution in [0.1, 0.15) is 20.3 Å². The number of hydrogen-bond donors (Lipinski definition) is 3. The molecule has 1 rings (SSSR count). The van der Waals surface area contributed by atoms with Crippen LogP contribution in [0.25, 0.3) is 0 Å². The van der Waals surface area contributed by atoms with Crippen LogP contribution in [0.15, 0.2) is 60.3 Å². The second-order valence-electron chi connectivity index (χ2n) is 3.92. The summed E-state index contributed by atoms with van der Waals surface area (Å²) in [5.41, 5.74) is 5.38. The van der Waals surface area contributed by atoms with Crippen LogP contribution in [0.3, 0.4) is 0 Å². The number of nitrogens with one attached hydrogen (secondary N) is 1. The molecule has 0 atom stereocenters. The van der Waals surface area contributed by atoms with Gasteiger partial charge in [-0.25, -0.2) is 15.6 Å².